The third kappa shape index (κ3) is 2.07. The summed E-state index contributed by atoms with van der Waals surface area (Å²) in [4.78, 5) is 3.88. The minimum absolute atomic E-state index is 0.391. The fourth-order valence-corrected chi connectivity index (χ4v) is 1.69. The number of hydrogen-bond acceptors (Lipinski definition) is 3. The molecule has 1 aliphatic heterocycles. The molecule has 0 saturated carbocycles. The molecule has 16 heavy (non-hydrogen) atoms. The van der Waals surface area contributed by atoms with Crippen molar-refractivity contribution in [2.24, 2.45) is 0 Å². The van der Waals surface area contributed by atoms with Crippen LogP contribution in [0.3, 0.4) is 0 Å². The Labute approximate surface area is 93.6 Å². The molecule has 1 N–H and O–H groups in total. The van der Waals surface area contributed by atoms with E-state index in [1.165, 1.54) is 12.1 Å². The lowest BCUT2D eigenvalue weighted by Crippen LogP contribution is -2.28. The van der Waals surface area contributed by atoms with Crippen molar-refractivity contribution in [2.75, 3.05) is 6.61 Å². The summed E-state index contributed by atoms with van der Waals surface area (Å²) in [6, 6.07) is 2.74. The Hall–Kier alpha value is -1.42. The van der Waals surface area contributed by atoms with Crippen LogP contribution in [0.15, 0.2) is 30.2 Å². The molecule has 1 unspecified atom stereocenters. The highest BCUT2D eigenvalue weighted by Gasteiger charge is 2.32. The van der Waals surface area contributed by atoms with Crippen molar-refractivity contribution in [3.8, 4) is 0 Å². The maximum absolute atomic E-state index is 12.7. The maximum Gasteiger partial charge on any atom is 0.160 e. The summed E-state index contributed by atoms with van der Waals surface area (Å²) < 4.78 is 18.1. The lowest BCUT2D eigenvalue weighted by atomic mass is 9.97. The second-order valence-electron chi connectivity index (χ2n) is 3.99. The first-order valence-corrected chi connectivity index (χ1v) is 5.28. The molecule has 2 heterocycles. The molecule has 86 valence electrons. The zero-order valence-electron chi connectivity index (χ0n) is 9.11. The van der Waals surface area contributed by atoms with Gasteiger partial charge in [0.2, 0.25) is 0 Å². The summed E-state index contributed by atoms with van der Waals surface area (Å²) in [5, 5.41) is 10.3. The largest absolute Gasteiger partial charge is 0.495 e. The van der Waals surface area contributed by atoms with Gasteiger partial charge in [-0.2, -0.15) is 0 Å². The SMILES string of the molecule is CC(O)(C1=CCCCO1)c1ccc(F)cn1. The van der Waals surface area contributed by atoms with E-state index in [1.54, 1.807) is 6.92 Å². The van der Waals surface area contributed by atoms with Crippen molar-refractivity contribution in [2.45, 2.75) is 25.4 Å². The molecule has 0 saturated heterocycles. The minimum atomic E-state index is -1.28. The zero-order valence-corrected chi connectivity index (χ0v) is 9.11. The highest BCUT2D eigenvalue weighted by molar-refractivity contribution is 5.23. The number of halogens is 1. The molecule has 4 heteroatoms. The highest BCUT2D eigenvalue weighted by Crippen LogP contribution is 2.30. The molecule has 0 bridgehead atoms. The number of aliphatic hydroxyl groups is 1. The highest BCUT2D eigenvalue weighted by atomic mass is 19.1. The van der Waals surface area contributed by atoms with Crippen LogP contribution in [-0.2, 0) is 10.3 Å². The van der Waals surface area contributed by atoms with Gasteiger partial charge >= 0.3 is 0 Å². The number of aromatic nitrogens is 1. The van der Waals surface area contributed by atoms with Crippen LogP contribution in [0.25, 0.3) is 0 Å². The van der Waals surface area contributed by atoms with E-state index < -0.39 is 11.4 Å². The van der Waals surface area contributed by atoms with Crippen molar-refractivity contribution >= 4 is 0 Å². The summed E-state index contributed by atoms with van der Waals surface area (Å²) in [5.41, 5.74) is -0.893. The van der Waals surface area contributed by atoms with Gasteiger partial charge in [0.15, 0.2) is 5.60 Å². The molecule has 3 nitrogen and oxygen atoms in total. The molecule has 1 atom stereocenters. The van der Waals surface area contributed by atoms with Crippen molar-refractivity contribution in [1.29, 1.82) is 0 Å². The van der Waals surface area contributed by atoms with Crippen LogP contribution >= 0.6 is 0 Å². The van der Waals surface area contributed by atoms with E-state index >= 15 is 0 Å². The molecular weight excluding hydrogens is 209 g/mol. The second-order valence-corrected chi connectivity index (χ2v) is 3.99. The number of pyridine rings is 1. The first kappa shape index (κ1) is 11.1. The van der Waals surface area contributed by atoms with Crippen LogP contribution in [0, 0.1) is 5.82 Å². The van der Waals surface area contributed by atoms with Gasteiger partial charge in [-0.3, -0.25) is 4.98 Å². The van der Waals surface area contributed by atoms with E-state index in [-0.39, 0.29) is 0 Å². The summed E-state index contributed by atoms with van der Waals surface area (Å²) >= 11 is 0. The number of ether oxygens (including phenoxy) is 1. The normalized spacial score (nSPS) is 19.6. The molecule has 0 fully saturated rings. The van der Waals surface area contributed by atoms with Crippen molar-refractivity contribution in [1.82, 2.24) is 4.98 Å². The third-order valence-corrected chi connectivity index (χ3v) is 2.64. The monoisotopic (exact) mass is 223 g/mol. The van der Waals surface area contributed by atoms with Gasteiger partial charge in [-0.1, -0.05) is 0 Å². The average Bonchev–Trinajstić information content (AvgIpc) is 2.31. The van der Waals surface area contributed by atoms with Crippen LogP contribution < -0.4 is 0 Å². The number of hydrogen-bond donors (Lipinski definition) is 1. The lowest BCUT2D eigenvalue weighted by molar-refractivity contribution is 0.0118. The van der Waals surface area contributed by atoms with Gasteiger partial charge in [0.25, 0.3) is 0 Å². The molecule has 1 aliphatic rings. The zero-order chi connectivity index (χ0) is 11.6. The summed E-state index contributed by atoms with van der Waals surface area (Å²) in [7, 11) is 0. The minimum Gasteiger partial charge on any atom is -0.495 e. The van der Waals surface area contributed by atoms with Gasteiger partial charge in [-0.05, 0) is 38.0 Å². The third-order valence-electron chi connectivity index (χ3n) is 2.64. The van der Waals surface area contributed by atoms with E-state index in [1.807, 2.05) is 6.08 Å². The Morgan fingerprint density at radius 2 is 2.31 bits per heavy atom. The Balaban J connectivity index is 2.30. The maximum atomic E-state index is 12.7. The Morgan fingerprint density at radius 3 is 2.88 bits per heavy atom. The Morgan fingerprint density at radius 1 is 1.50 bits per heavy atom. The predicted octanol–water partition coefficient (Wildman–Crippen LogP) is 2.12. The Kier molecular flexibility index (Phi) is 2.92. The molecule has 2 rings (SSSR count). The van der Waals surface area contributed by atoms with Gasteiger partial charge in [-0.15, -0.1) is 0 Å². The Bertz CT molecular complexity index is 398. The lowest BCUT2D eigenvalue weighted by Gasteiger charge is -2.28. The molecular formula is C12H14FNO2. The quantitative estimate of drug-likeness (QED) is 0.835. The molecule has 1 aromatic heterocycles. The first-order chi connectivity index (χ1) is 7.60. The van der Waals surface area contributed by atoms with Crippen LogP contribution in [0.2, 0.25) is 0 Å². The van der Waals surface area contributed by atoms with Gasteiger partial charge in [0.1, 0.15) is 11.6 Å². The molecule has 0 aromatic carbocycles. The van der Waals surface area contributed by atoms with Crippen molar-refractivity contribution < 1.29 is 14.2 Å². The number of rotatable bonds is 2. The molecule has 0 radical (unpaired) electrons. The summed E-state index contributed by atoms with van der Waals surface area (Å²) in [6.07, 6.45) is 4.78. The fraction of sp³-hybridized carbons (Fsp3) is 0.417. The van der Waals surface area contributed by atoms with Crippen LogP contribution in [0.5, 0.6) is 0 Å². The van der Waals surface area contributed by atoms with E-state index in [4.69, 9.17) is 4.74 Å². The molecule has 0 spiro atoms. The van der Waals surface area contributed by atoms with E-state index in [2.05, 4.69) is 4.98 Å². The van der Waals surface area contributed by atoms with Crippen LogP contribution in [-0.4, -0.2) is 16.7 Å². The average molecular weight is 223 g/mol. The molecule has 0 amide bonds. The summed E-state index contributed by atoms with van der Waals surface area (Å²) in [5.74, 6) is 0.0796. The fourth-order valence-electron chi connectivity index (χ4n) is 1.69. The van der Waals surface area contributed by atoms with Gasteiger partial charge in [-0.25, -0.2) is 4.39 Å². The smallest absolute Gasteiger partial charge is 0.160 e. The predicted molar refractivity (Wildman–Crippen MR) is 57.0 cm³/mol. The van der Waals surface area contributed by atoms with E-state index in [9.17, 15) is 9.50 Å². The molecule has 0 aliphatic carbocycles. The topological polar surface area (TPSA) is 42.4 Å². The van der Waals surface area contributed by atoms with Crippen molar-refractivity contribution in [3.05, 3.63) is 41.7 Å². The van der Waals surface area contributed by atoms with Gasteiger partial charge in [0.05, 0.1) is 18.5 Å². The number of allylic oxidation sites excluding steroid dienone is 1. The second kappa shape index (κ2) is 4.22. The summed E-state index contributed by atoms with van der Waals surface area (Å²) in [6.45, 7) is 2.20. The first-order valence-electron chi connectivity index (χ1n) is 5.28. The van der Waals surface area contributed by atoms with E-state index in [0.29, 0.717) is 18.1 Å². The van der Waals surface area contributed by atoms with Crippen molar-refractivity contribution in [3.63, 3.8) is 0 Å². The van der Waals surface area contributed by atoms with Crippen LogP contribution in [0.4, 0.5) is 4.39 Å². The standard InChI is InChI=1S/C12H14FNO2/c1-12(15,11-4-2-3-7-16-11)10-6-5-9(13)8-14-10/h4-6,8,15H,2-3,7H2,1H3. The van der Waals surface area contributed by atoms with E-state index in [0.717, 1.165) is 19.0 Å². The number of nitrogens with zero attached hydrogens (tertiary/aromatic N) is 1. The van der Waals surface area contributed by atoms with Crippen LogP contribution in [0.1, 0.15) is 25.5 Å². The van der Waals surface area contributed by atoms with Gasteiger partial charge in [0, 0.05) is 0 Å². The van der Waals surface area contributed by atoms with Gasteiger partial charge < -0.3 is 9.84 Å². The molecule has 1 aromatic rings.